The molecule has 1 aliphatic carbocycles. The van der Waals surface area contributed by atoms with Gasteiger partial charge in [-0.05, 0) is 78.9 Å². The number of carboxylic acid groups (broad SMARTS) is 1. The molecule has 0 bridgehead atoms. The summed E-state index contributed by atoms with van der Waals surface area (Å²) in [7, 11) is -4.41. The number of ether oxygens (including phenoxy) is 2. The number of carbonyl (C=O) groups is 1. The van der Waals surface area contributed by atoms with Crippen molar-refractivity contribution in [2.24, 2.45) is 0 Å². The van der Waals surface area contributed by atoms with Gasteiger partial charge in [-0.2, -0.15) is 13.2 Å². The Bertz CT molecular complexity index is 1410. The van der Waals surface area contributed by atoms with Crippen LogP contribution >= 0.6 is 0 Å². The SMILES string of the molecule is O=C(O)COc1cccc2c1CCCC2NS(=O)(=O)c1ccc(Oc2ccc(F)cc2)c(C(F)(F)F)c1. The summed E-state index contributed by atoms with van der Waals surface area (Å²) < 4.78 is 93.8. The van der Waals surface area contributed by atoms with Crippen LogP contribution in [0.1, 0.15) is 35.6 Å². The summed E-state index contributed by atoms with van der Waals surface area (Å²) in [4.78, 5) is 10.3. The van der Waals surface area contributed by atoms with Gasteiger partial charge in [-0.3, -0.25) is 0 Å². The fourth-order valence-electron chi connectivity index (χ4n) is 4.08. The van der Waals surface area contributed by atoms with Gasteiger partial charge in [0.05, 0.1) is 10.5 Å². The third kappa shape index (κ3) is 6.20. The Morgan fingerprint density at radius 2 is 1.78 bits per heavy atom. The van der Waals surface area contributed by atoms with Gasteiger partial charge in [-0.15, -0.1) is 0 Å². The minimum absolute atomic E-state index is 0.0552. The summed E-state index contributed by atoms with van der Waals surface area (Å²) in [6, 6.07) is 10.8. The second-order valence-corrected chi connectivity index (χ2v) is 10.00. The number of aliphatic carboxylic acids is 1. The number of halogens is 4. The maximum absolute atomic E-state index is 13.8. The predicted octanol–water partition coefficient (Wildman–Crippen LogP) is 5.46. The van der Waals surface area contributed by atoms with E-state index in [0.717, 1.165) is 36.4 Å². The van der Waals surface area contributed by atoms with Gasteiger partial charge in [0.1, 0.15) is 23.1 Å². The third-order valence-electron chi connectivity index (χ3n) is 5.72. The van der Waals surface area contributed by atoms with E-state index in [9.17, 15) is 30.8 Å². The first-order valence-corrected chi connectivity index (χ1v) is 12.6. The molecule has 7 nitrogen and oxygen atoms in total. The molecule has 12 heteroatoms. The van der Waals surface area contributed by atoms with Gasteiger partial charge in [-0.1, -0.05) is 12.1 Å². The number of benzene rings is 3. The van der Waals surface area contributed by atoms with Crippen LogP contribution in [0.2, 0.25) is 0 Å². The molecule has 0 saturated carbocycles. The number of nitrogens with one attached hydrogen (secondary N) is 1. The lowest BCUT2D eigenvalue weighted by Crippen LogP contribution is -2.31. The number of hydrogen-bond acceptors (Lipinski definition) is 5. The zero-order chi connectivity index (χ0) is 26.8. The average Bonchev–Trinajstić information content (AvgIpc) is 2.83. The average molecular weight is 540 g/mol. The number of fused-ring (bicyclic) bond motifs is 1. The van der Waals surface area contributed by atoms with Crippen molar-refractivity contribution in [1.82, 2.24) is 4.72 Å². The zero-order valence-electron chi connectivity index (χ0n) is 19.1. The number of sulfonamides is 1. The summed E-state index contributed by atoms with van der Waals surface area (Å²) in [6.45, 7) is -0.570. The van der Waals surface area contributed by atoms with Crippen molar-refractivity contribution in [2.75, 3.05) is 6.61 Å². The summed E-state index contributed by atoms with van der Waals surface area (Å²) in [6.07, 6.45) is -3.48. The minimum Gasteiger partial charge on any atom is -0.482 e. The van der Waals surface area contributed by atoms with Crippen LogP contribution in [0.4, 0.5) is 17.6 Å². The minimum atomic E-state index is -4.94. The molecule has 4 rings (SSSR count). The first-order valence-electron chi connectivity index (χ1n) is 11.1. The Labute approximate surface area is 209 Å². The smallest absolute Gasteiger partial charge is 0.420 e. The Morgan fingerprint density at radius 3 is 2.46 bits per heavy atom. The van der Waals surface area contributed by atoms with Gasteiger partial charge in [0, 0.05) is 6.04 Å². The molecular formula is C25H21F4NO6S. The zero-order valence-corrected chi connectivity index (χ0v) is 19.9. The lowest BCUT2D eigenvalue weighted by atomic mass is 9.87. The van der Waals surface area contributed by atoms with E-state index in [1.54, 1.807) is 18.2 Å². The maximum Gasteiger partial charge on any atom is 0.420 e. The Balaban J connectivity index is 1.63. The van der Waals surface area contributed by atoms with Crippen molar-refractivity contribution in [1.29, 1.82) is 0 Å². The van der Waals surface area contributed by atoms with Gasteiger partial charge in [0.25, 0.3) is 0 Å². The van der Waals surface area contributed by atoms with E-state index >= 15 is 0 Å². The molecule has 2 N–H and O–H groups in total. The van der Waals surface area contributed by atoms with Crippen LogP contribution in [0.15, 0.2) is 65.6 Å². The van der Waals surface area contributed by atoms with Gasteiger partial charge in [0.15, 0.2) is 6.61 Å². The van der Waals surface area contributed by atoms with Crippen molar-refractivity contribution < 1.29 is 45.4 Å². The molecule has 1 unspecified atom stereocenters. The fourth-order valence-corrected chi connectivity index (χ4v) is 5.36. The Kier molecular flexibility index (Phi) is 7.42. The highest BCUT2D eigenvalue weighted by molar-refractivity contribution is 7.89. The second kappa shape index (κ2) is 10.4. The summed E-state index contributed by atoms with van der Waals surface area (Å²) in [5.74, 6) is -2.15. The van der Waals surface area contributed by atoms with E-state index in [-0.39, 0.29) is 5.75 Å². The number of hydrogen-bond donors (Lipinski definition) is 2. The number of rotatable bonds is 8. The van der Waals surface area contributed by atoms with Crippen LogP contribution in [-0.4, -0.2) is 26.1 Å². The first kappa shape index (κ1) is 26.4. The highest BCUT2D eigenvalue weighted by Crippen LogP contribution is 2.40. The molecule has 0 heterocycles. The van der Waals surface area contributed by atoms with Crippen molar-refractivity contribution >= 4 is 16.0 Å². The standard InChI is InChI=1S/C25H21F4NO6S/c26-15-7-9-16(10-8-15)36-23-12-11-17(13-20(23)25(27,28)29)37(33,34)30-21-5-1-4-19-18(21)3-2-6-22(19)35-14-24(31)32/h2-3,6-13,21,30H,1,4-5,14H2,(H,31,32). The van der Waals surface area contributed by atoms with Gasteiger partial charge in [0.2, 0.25) is 10.0 Å². The highest BCUT2D eigenvalue weighted by atomic mass is 32.2. The Hall–Kier alpha value is -3.64. The van der Waals surface area contributed by atoms with E-state index in [0.29, 0.717) is 42.2 Å². The molecule has 0 radical (unpaired) electrons. The molecule has 196 valence electrons. The van der Waals surface area contributed by atoms with Crippen LogP contribution in [0.5, 0.6) is 17.2 Å². The van der Waals surface area contributed by atoms with Gasteiger partial charge in [-0.25, -0.2) is 22.3 Å². The molecule has 0 spiro atoms. The highest BCUT2D eigenvalue weighted by Gasteiger charge is 2.37. The van der Waals surface area contributed by atoms with Crippen molar-refractivity contribution in [3.8, 4) is 17.2 Å². The monoisotopic (exact) mass is 539 g/mol. The summed E-state index contributed by atoms with van der Waals surface area (Å²) >= 11 is 0. The quantitative estimate of drug-likeness (QED) is 0.369. The summed E-state index contributed by atoms with van der Waals surface area (Å²) in [5, 5.41) is 8.88. The van der Waals surface area contributed by atoms with Crippen LogP contribution in [-0.2, 0) is 27.4 Å². The van der Waals surface area contributed by atoms with Crippen LogP contribution in [0.25, 0.3) is 0 Å². The molecule has 1 aliphatic rings. The normalized spacial score (nSPS) is 15.6. The van der Waals surface area contributed by atoms with E-state index in [1.165, 1.54) is 0 Å². The van der Waals surface area contributed by atoms with Crippen molar-refractivity contribution in [2.45, 2.75) is 36.4 Å². The van der Waals surface area contributed by atoms with E-state index in [2.05, 4.69) is 4.72 Å². The van der Waals surface area contributed by atoms with Crippen LogP contribution in [0.3, 0.4) is 0 Å². The van der Waals surface area contributed by atoms with Crippen molar-refractivity contribution in [3.05, 3.63) is 83.2 Å². The van der Waals surface area contributed by atoms with Gasteiger partial charge < -0.3 is 14.6 Å². The molecule has 0 amide bonds. The number of carboxylic acids is 1. The molecule has 3 aromatic rings. The lowest BCUT2D eigenvalue weighted by molar-refractivity contribution is -0.140. The molecule has 0 fully saturated rings. The third-order valence-corrected chi connectivity index (χ3v) is 7.19. The molecule has 37 heavy (non-hydrogen) atoms. The lowest BCUT2D eigenvalue weighted by Gasteiger charge is -2.28. The molecule has 1 atom stereocenters. The van der Waals surface area contributed by atoms with Gasteiger partial charge >= 0.3 is 12.1 Å². The maximum atomic E-state index is 13.8. The van der Waals surface area contributed by atoms with E-state index < -0.39 is 56.8 Å². The molecule has 3 aromatic carbocycles. The van der Waals surface area contributed by atoms with Crippen LogP contribution < -0.4 is 14.2 Å². The summed E-state index contributed by atoms with van der Waals surface area (Å²) in [5.41, 5.74) is -0.111. The number of alkyl halides is 3. The second-order valence-electron chi connectivity index (χ2n) is 8.28. The molecule has 0 aliphatic heterocycles. The predicted molar refractivity (Wildman–Crippen MR) is 123 cm³/mol. The molecule has 0 saturated heterocycles. The van der Waals surface area contributed by atoms with Crippen molar-refractivity contribution in [3.63, 3.8) is 0 Å². The Morgan fingerprint density at radius 1 is 1.05 bits per heavy atom. The fraction of sp³-hybridized carbons (Fsp3) is 0.240. The first-order chi connectivity index (χ1) is 17.4. The topological polar surface area (TPSA) is 102 Å². The molecule has 0 aromatic heterocycles. The van der Waals surface area contributed by atoms with E-state index in [1.807, 2.05) is 0 Å². The van der Waals surface area contributed by atoms with Crippen LogP contribution in [0, 0.1) is 5.82 Å². The largest absolute Gasteiger partial charge is 0.482 e. The molecular weight excluding hydrogens is 518 g/mol. The van der Waals surface area contributed by atoms with E-state index in [4.69, 9.17) is 14.6 Å².